The number of nitrogens with zero attached hydrogens (tertiary/aromatic N) is 1. The Kier molecular flexibility index (Phi) is 1.94. The third kappa shape index (κ3) is 1.51. The molecule has 0 saturated heterocycles. The van der Waals surface area contributed by atoms with E-state index in [1.54, 1.807) is 24.5 Å². The van der Waals surface area contributed by atoms with Crippen molar-refractivity contribution in [1.82, 2.24) is 9.97 Å². The van der Waals surface area contributed by atoms with E-state index >= 15 is 0 Å². The first-order valence-electron chi connectivity index (χ1n) is 3.75. The molecule has 2 rings (SSSR count). The lowest BCUT2D eigenvalue weighted by Crippen LogP contribution is -1.80. The number of benzene rings is 1. The first kappa shape index (κ1) is 8.13. The van der Waals surface area contributed by atoms with E-state index in [4.69, 9.17) is 11.6 Å². The highest BCUT2D eigenvalue weighted by atomic mass is 35.5. The minimum atomic E-state index is 0.127. The van der Waals surface area contributed by atoms with Gasteiger partial charge < -0.3 is 10.1 Å². The molecule has 0 aliphatic heterocycles. The lowest BCUT2D eigenvalue weighted by atomic mass is 10.2. The smallest absolute Gasteiger partial charge is 0.141 e. The van der Waals surface area contributed by atoms with Gasteiger partial charge in [-0.3, -0.25) is 0 Å². The van der Waals surface area contributed by atoms with Gasteiger partial charge in [-0.2, -0.15) is 0 Å². The molecule has 2 aromatic rings. The lowest BCUT2D eigenvalue weighted by molar-refractivity contribution is 0.477. The molecule has 0 bridgehead atoms. The molecule has 0 aliphatic carbocycles. The fourth-order valence-electron chi connectivity index (χ4n) is 1.12. The van der Waals surface area contributed by atoms with Gasteiger partial charge in [-0.15, -0.1) is 0 Å². The summed E-state index contributed by atoms with van der Waals surface area (Å²) in [6.07, 6.45) is 3.33. The van der Waals surface area contributed by atoms with E-state index < -0.39 is 0 Å². The van der Waals surface area contributed by atoms with Crippen LogP contribution in [-0.4, -0.2) is 15.1 Å². The second-order valence-electron chi connectivity index (χ2n) is 2.60. The molecule has 2 N–H and O–H groups in total. The Labute approximate surface area is 80.0 Å². The predicted octanol–water partition coefficient (Wildman–Crippen LogP) is 2.44. The summed E-state index contributed by atoms with van der Waals surface area (Å²) in [7, 11) is 0. The van der Waals surface area contributed by atoms with Gasteiger partial charge in [0.15, 0.2) is 0 Å². The van der Waals surface area contributed by atoms with Gasteiger partial charge in [0.1, 0.15) is 11.6 Å². The van der Waals surface area contributed by atoms with Crippen molar-refractivity contribution in [1.29, 1.82) is 0 Å². The molecule has 0 saturated carbocycles. The predicted molar refractivity (Wildman–Crippen MR) is 50.7 cm³/mol. The summed E-state index contributed by atoms with van der Waals surface area (Å²) in [6.45, 7) is 0. The largest absolute Gasteiger partial charge is 0.507 e. The molecule has 4 heteroatoms. The molecule has 0 atom stereocenters. The highest BCUT2D eigenvalue weighted by Crippen LogP contribution is 2.28. The molecular weight excluding hydrogens is 188 g/mol. The van der Waals surface area contributed by atoms with Crippen LogP contribution in [0, 0.1) is 0 Å². The van der Waals surface area contributed by atoms with E-state index in [1.165, 1.54) is 6.07 Å². The van der Waals surface area contributed by atoms with Gasteiger partial charge in [0.05, 0.1) is 5.56 Å². The molecule has 0 radical (unpaired) electrons. The summed E-state index contributed by atoms with van der Waals surface area (Å²) in [5.41, 5.74) is 0.648. The molecule has 3 nitrogen and oxygen atoms in total. The fourth-order valence-corrected chi connectivity index (χ4v) is 1.28. The van der Waals surface area contributed by atoms with Crippen molar-refractivity contribution in [2.75, 3.05) is 0 Å². The summed E-state index contributed by atoms with van der Waals surface area (Å²) in [6, 6.07) is 4.91. The summed E-state index contributed by atoms with van der Waals surface area (Å²) in [4.78, 5) is 6.92. The van der Waals surface area contributed by atoms with E-state index in [9.17, 15) is 5.11 Å². The quantitative estimate of drug-likeness (QED) is 0.733. The molecule has 1 heterocycles. The number of rotatable bonds is 1. The number of aromatic hydroxyl groups is 1. The highest BCUT2D eigenvalue weighted by molar-refractivity contribution is 6.30. The van der Waals surface area contributed by atoms with Crippen LogP contribution in [-0.2, 0) is 0 Å². The number of imidazole rings is 1. The van der Waals surface area contributed by atoms with Crippen LogP contribution in [0.15, 0.2) is 30.6 Å². The second kappa shape index (κ2) is 3.11. The Morgan fingerprint density at radius 1 is 1.38 bits per heavy atom. The monoisotopic (exact) mass is 194 g/mol. The highest BCUT2D eigenvalue weighted by Gasteiger charge is 2.05. The average Bonchev–Trinajstić information content (AvgIpc) is 2.56. The number of phenols is 1. The number of hydrogen-bond donors (Lipinski definition) is 2. The normalized spacial score (nSPS) is 10.2. The van der Waals surface area contributed by atoms with Crippen molar-refractivity contribution in [3.05, 3.63) is 35.6 Å². The molecule has 66 valence electrons. The fraction of sp³-hybridized carbons (Fsp3) is 0. The van der Waals surface area contributed by atoms with E-state index in [1.807, 2.05) is 0 Å². The number of phenolic OH excluding ortho intramolecular Hbond substituents is 1. The van der Waals surface area contributed by atoms with Crippen LogP contribution in [0.3, 0.4) is 0 Å². The van der Waals surface area contributed by atoms with Crippen molar-refractivity contribution in [2.45, 2.75) is 0 Å². The average molecular weight is 195 g/mol. The van der Waals surface area contributed by atoms with Gasteiger partial charge in [0, 0.05) is 17.4 Å². The zero-order valence-electron chi connectivity index (χ0n) is 6.66. The van der Waals surface area contributed by atoms with Crippen LogP contribution in [0.25, 0.3) is 11.4 Å². The van der Waals surface area contributed by atoms with Gasteiger partial charge in [0.25, 0.3) is 0 Å². The van der Waals surface area contributed by atoms with E-state index in [0.717, 1.165) is 0 Å². The number of nitrogens with one attached hydrogen (secondary N) is 1. The number of halogens is 1. The summed E-state index contributed by atoms with van der Waals surface area (Å²) >= 11 is 5.69. The number of aromatic amines is 1. The van der Waals surface area contributed by atoms with Crippen LogP contribution in [0.5, 0.6) is 5.75 Å². The topological polar surface area (TPSA) is 48.9 Å². The van der Waals surface area contributed by atoms with Gasteiger partial charge in [-0.1, -0.05) is 11.6 Å². The molecule has 13 heavy (non-hydrogen) atoms. The van der Waals surface area contributed by atoms with Crippen molar-refractivity contribution in [3.8, 4) is 17.1 Å². The van der Waals surface area contributed by atoms with Gasteiger partial charge >= 0.3 is 0 Å². The summed E-state index contributed by atoms with van der Waals surface area (Å²) < 4.78 is 0. The molecule has 1 aromatic heterocycles. The minimum Gasteiger partial charge on any atom is -0.507 e. The van der Waals surface area contributed by atoms with Crippen molar-refractivity contribution >= 4 is 11.6 Å². The second-order valence-corrected chi connectivity index (χ2v) is 3.04. The van der Waals surface area contributed by atoms with Crippen LogP contribution in [0.1, 0.15) is 0 Å². The first-order chi connectivity index (χ1) is 6.27. The Balaban J connectivity index is 2.53. The van der Waals surface area contributed by atoms with Gasteiger partial charge in [0.2, 0.25) is 0 Å². The van der Waals surface area contributed by atoms with Crippen LogP contribution >= 0.6 is 11.6 Å². The molecule has 0 fully saturated rings. The molecule has 1 aromatic carbocycles. The van der Waals surface area contributed by atoms with Crippen molar-refractivity contribution < 1.29 is 5.11 Å². The maximum Gasteiger partial charge on any atom is 0.141 e. The van der Waals surface area contributed by atoms with E-state index in [-0.39, 0.29) is 5.75 Å². The maximum atomic E-state index is 9.52. The molecule has 0 aliphatic rings. The number of H-pyrrole nitrogens is 1. The Morgan fingerprint density at radius 2 is 2.23 bits per heavy atom. The Hall–Kier alpha value is -1.48. The standard InChI is InChI=1S/C9H7ClN2O/c10-6-1-2-7(8(13)5-6)9-11-3-4-12-9/h1-5,13H,(H,11,12). The third-order valence-electron chi connectivity index (χ3n) is 1.71. The SMILES string of the molecule is Oc1cc(Cl)ccc1-c1ncc[nH]1. The van der Waals surface area contributed by atoms with E-state index in [0.29, 0.717) is 16.4 Å². The maximum absolute atomic E-state index is 9.52. The minimum absolute atomic E-state index is 0.127. The zero-order valence-corrected chi connectivity index (χ0v) is 7.42. The Morgan fingerprint density at radius 3 is 2.85 bits per heavy atom. The van der Waals surface area contributed by atoms with Gasteiger partial charge in [-0.05, 0) is 18.2 Å². The summed E-state index contributed by atoms with van der Waals surface area (Å²) in [5.74, 6) is 0.761. The van der Waals surface area contributed by atoms with Crippen LogP contribution < -0.4 is 0 Å². The van der Waals surface area contributed by atoms with Crippen molar-refractivity contribution in [2.24, 2.45) is 0 Å². The Bertz CT molecular complexity index is 412. The lowest BCUT2D eigenvalue weighted by Gasteiger charge is -2.00. The van der Waals surface area contributed by atoms with Crippen LogP contribution in [0.2, 0.25) is 5.02 Å². The summed E-state index contributed by atoms with van der Waals surface area (Å²) in [5, 5.41) is 10.0. The zero-order chi connectivity index (χ0) is 9.26. The van der Waals surface area contributed by atoms with Crippen LogP contribution in [0.4, 0.5) is 0 Å². The molecule has 0 amide bonds. The molecule has 0 unspecified atom stereocenters. The molecular formula is C9H7ClN2O. The van der Waals surface area contributed by atoms with E-state index in [2.05, 4.69) is 9.97 Å². The van der Waals surface area contributed by atoms with Crippen molar-refractivity contribution in [3.63, 3.8) is 0 Å². The number of hydrogen-bond acceptors (Lipinski definition) is 2. The first-order valence-corrected chi connectivity index (χ1v) is 4.13. The molecule has 0 spiro atoms. The third-order valence-corrected chi connectivity index (χ3v) is 1.95. The van der Waals surface area contributed by atoms with Gasteiger partial charge in [-0.25, -0.2) is 4.98 Å². The number of aromatic nitrogens is 2.